The first-order valence-electron chi connectivity index (χ1n) is 5.50. The summed E-state index contributed by atoms with van der Waals surface area (Å²) in [5, 5.41) is 0. The lowest BCUT2D eigenvalue weighted by atomic mass is 10.1. The van der Waals surface area contributed by atoms with Crippen molar-refractivity contribution in [2.45, 2.75) is 32.2 Å². The van der Waals surface area contributed by atoms with E-state index in [0.29, 0.717) is 0 Å². The normalized spacial score (nSPS) is 13.2. The highest BCUT2D eigenvalue weighted by atomic mass is 15.0. The fourth-order valence-electron chi connectivity index (χ4n) is 1.80. The van der Waals surface area contributed by atoms with E-state index in [1.54, 1.807) is 0 Å². The summed E-state index contributed by atoms with van der Waals surface area (Å²) in [4.78, 5) is 4.33. The van der Waals surface area contributed by atoms with Gasteiger partial charge in [0.15, 0.2) is 0 Å². The van der Waals surface area contributed by atoms with E-state index in [1.807, 2.05) is 30.6 Å². The molecule has 0 bridgehead atoms. The Bertz CT molecular complexity index is 433. The molecule has 1 unspecified atom stereocenters. The second-order valence-electron chi connectivity index (χ2n) is 3.86. The molecule has 2 aromatic heterocycles. The Hall–Kier alpha value is -1.35. The molecular weight excluding hydrogens is 186 g/mol. The molecule has 2 rings (SSSR count). The van der Waals surface area contributed by atoms with Crippen molar-refractivity contribution in [2.75, 3.05) is 0 Å². The predicted octanol–water partition coefficient (Wildman–Crippen LogP) is 2.52. The fraction of sp³-hybridized carbons (Fsp3) is 0.417. The maximum absolute atomic E-state index is 6.13. The van der Waals surface area contributed by atoms with Gasteiger partial charge in [-0.15, -0.1) is 0 Å². The van der Waals surface area contributed by atoms with Crippen LogP contribution in [0.4, 0.5) is 0 Å². The minimum atomic E-state index is 0.0994. The van der Waals surface area contributed by atoms with Crippen LogP contribution in [0.5, 0.6) is 0 Å². The van der Waals surface area contributed by atoms with Gasteiger partial charge in [-0.1, -0.05) is 25.8 Å². The van der Waals surface area contributed by atoms with E-state index in [0.717, 1.165) is 17.8 Å². The third kappa shape index (κ3) is 2.02. The molecule has 0 aliphatic carbocycles. The molecule has 3 nitrogen and oxygen atoms in total. The lowest BCUT2D eigenvalue weighted by Crippen LogP contribution is -2.12. The Morgan fingerprint density at radius 2 is 2.33 bits per heavy atom. The molecule has 0 aliphatic heterocycles. The number of nitrogens with two attached hydrogens (primary N) is 1. The summed E-state index contributed by atoms with van der Waals surface area (Å²) in [5.41, 5.74) is 8.21. The number of aromatic nitrogens is 2. The molecule has 0 saturated heterocycles. The van der Waals surface area contributed by atoms with Crippen molar-refractivity contribution < 1.29 is 0 Å². The summed E-state index contributed by atoms with van der Waals surface area (Å²) in [6.07, 6.45) is 7.28. The number of pyridine rings is 1. The minimum Gasteiger partial charge on any atom is -0.323 e. The van der Waals surface area contributed by atoms with Gasteiger partial charge < -0.3 is 10.1 Å². The van der Waals surface area contributed by atoms with Crippen LogP contribution in [0.1, 0.15) is 37.9 Å². The predicted molar refractivity (Wildman–Crippen MR) is 61.6 cm³/mol. The fourth-order valence-corrected chi connectivity index (χ4v) is 1.80. The largest absolute Gasteiger partial charge is 0.323 e. The number of fused-ring (bicyclic) bond motifs is 1. The first-order chi connectivity index (χ1) is 7.33. The first kappa shape index (κ1) is 10.2. The van der Waals surface area contributed by atoms with Crippen molar-refractivity contribution in [1.29, 1.82) is 0 Å². The molecule has 2 N–H and O–H groups in total. The molecule has 0 radical (unpaired) electrons. The number of nitrogens with zero attached hydrogens (tertiary/aromatic N) is 2. The van der Waals surface area contributed by atoms with Gasteiger partial charge in [0.2, 0.25) is 0 Å². The van der Waals surface area contributed by atoms with E-state index in [-0.39, 0.29) is 6.04 Å². The lowest BCUT2D eigenvalue weighted by molar-refractivity contribution is 0.587. The van der Waals surface area contributed by atoms with Crippen LogP contribution in [0.25, 0.3) is 5.65 Å². The molecule has 2 aromatic rings. The molecule has 0 aromatic carbocycles. The average Bonchev–Trinajstić information content (AvgIpc) is 2.69. The zero-order valence-electron chi connectivity index (χ0n) is 9.06. The molecule has 0 spiro atoms. The SMILES string of the molecule is CCCCC(N)c1cnc2ccccn12. The summed E-state index contributed by atoms with van der Waals surface area (Å²) in [5.74, 6) is 0. The van der Waals surface area contributed by atoms with E-state index >= 15 is 0 Å². The molecule has 2 heterocycles. The second-order valence-corrected chi connectivity index (χ2v) is 3.86. The highest BCUT2D eigenvalue weighted by molar-refractivity contribution is 5.40. The summed E-state index contributed by atoms with van der Waals surface area (Å²) in [6.45, 7) is 2.18. The molecule has 80 valence electrons. The molecule has 0 fully saturated rings. The molecule has 15 heavy (non-hydrogen) atoms. The van der Waals surface area contributed by atoms with Crippen molar-refractivity contribution in [3.8, 4) is 0 Å². The van der Waals surface area contributed by atoms with Crippen molar-refractivity contribution in [2.24, 2.45) is 5.73 Å². The second kappa shape index (κ2) is 4.45. The standard InChI is InChI=1S/C12H17N3/c1-2-3-6-10(13)11-9-14-12-7-4-5-8-15(11)12/h4-5,7-10H,2-3,6,13H2,1H3. The van der Waals surface area contributed by atoms with Crippen LogP contribution in [0.2, 0.25) is 0 Å². The molecule has 1 atom stereocenters. The van der Waals surface area contributed by atoms with Gasteiger partial charge in [-0.2, -0.15) is 0 Å². The average molecular weight is 203 g/mol. The molecule has 0 aliphatic rings. The number of rotatable bonds is 4. The smallest absolute Gasteiger partial charge is 0.136 e. The van der Waals surface area contributed by atoms with E-state index in [4.69, 9.17) is 5.73 Å². The van der Waals surface area contributed by atoms with E-state index < -0.39 is 0 Å². The zero-order valence-corrected chi connectivity index (χ0v) is 9.06. The third-order valence-electron chi connectivity index (χ3n) is 2.69. The maximum Gasteiger partial charge on any atom is 0.136 e. The minimum absolute atomic E-state index is 0.0994. The summed E-state index contributed by atoms with van der Waals surface area (Å²) < 4.78 is 2.07. The van der Waals surface area contributed by atoms with Crippen molar-refractivity contribution in [3.05, 3.63) is 36.3 Å². The number of hydrogen-bond donors (Lipinski definition) is 1. The Balaban J connectivity index is 2.27. The van der Waals surface area contributed by atoms with Crippen LogP contribution >= 0.6 is 0 Å². The Kier molecular flexibility index (Phi) is 3.02. The Morgan fingerprint density at radius 1 is 1.47 bits per heavy atom. The summed E-state index contributed by atoms with van der Waals surface area (Å²) >= 11 is 0. The van der Waals surface area contributed by atoms with Gasteiger partial charge in [0.1, 0.15) is 5.65 Å². The quantitative estimate of drug-likeness (QED) is 0.829. The van der Waals surface area contributed by atoms with Crippen LogP contribution in [0.3, 0.4) is 0 Å². The van der Waals surface area contributed by atoms with Crippen molar-refractivity contribution >= 4 is 5.65 Å². The molecule has 0 amide bonds. The van der Waals surface area contributed by atoms with E-state index in [9.17, 15) is 0 Å². The summed E-state index contributed by atoms with van der Waals surface area (Å²) in [6, 6.07) is 6.09. The molecule has 0 saturated carbocycles. The Morgan fingerprint density at radius 3 is 3.13 bits per heavy atom. The highest BCUT2D eigenvalue weighted by Gasteiger charge is 2.10. The topological polar surface area (TPSA) is 43.3 Å². The number of unbranched alkanes of at least 4 members (excludes halogenated alkanes) is 1. The number of hydrogen-bond acceptors (Lipinski definition) is 2. The van der Waals surface area contributed by atoms with E-state index in [1.165, 1.54) is 12.8 Å². The summed E-state index contributed by atoms with van der Waals surface area (Å²) in [7, 11) is 0. The third-order valence-corrected chi connectivity index (χ3v) is 2.69. The van der Waals surface area contributed by atoms with Gasteiger partial charge in [-0.3, -0.25) is 0 Å². The highest BCUT2D eigenvalue weighted by Crippen LogP contribution is 2.17. The monoisotopic (exact) mass is 203 g/mol. The van der Waals surface area contributed by atoms with Crippen molar-refractivity contribution in [1.82, 2.24) is 9.38 Å². The lowest BCUT2D eigenvalue weighted by Gasteiger charge is -2.10. The van der Waals surface area contributed by atoms with Crippen LogP contribution in [-0.2, 0) is 0 Å². The van der Waals surface area contributed by atoms with Crippen molar-refractivity contribution in [3.63, 3.8) is 0 Å². The van der Waals surface area contributed by atoms with Crippen LogP contribution in [0.15, 0.2) is 30.6 Å². The van der Waals surface area contributed by atoms with Gasteiger partial charge in [0.05, 0.1) is 11.9 Å². The van der Waals surface area contributed by atoms with Gasteiger partial charge >= 0.3 is 0 Å². The zero-order chi connectivity index (χ0) is 10.7. The van der Waals surface area contributed by atoms with Crippen LogP contribution in [0, 0.1) is 0 Å². The van der Waals surface area contributed by atoms with Gasteiger partial charge in [0.25, 0.3) is 0 Å². The Labute approximate surface area is 89.9 Å². The van der Waals surface area contributed by atoms with Gasteiger partial charge in [-0.25, -0.2) is 4.98 Å². The number of imidazole rings is 1. The van der Waals surface area contributed by atoms with E-state index in [2.05, 4.69) is 16.3 Å². The molecular formula is C12H17N3. The van der Waals surface area contributed by atoms with Gasteiger partial charge in [-0.05, 0) is 18.6 Å². The van der Waals surface area contributed by atoms with Crippen LogP contribution < -0.4 is 5.73 Å². The van der Waals surface area contributed by atoms with Crippen LogP contribution in [-0.4, -0.2) is 9.38 Å². The van der Waals surface area contributed by atoms with Gasteiger partial charge in [0, 0.05) is 12.2 Å². The first-order valence-corrected chi connectivity index (χ1v) is 5.50. The maximum atomic E-state index is 6.13. The molecule has 3 heteroatoms.